The van der Waals surface area contributed by atoms with Gasteiger partial charge in [0.25, 0.3) is 10.2 Å². The van der Waals surface area contributed by atoms with Crippen LogP contribution in [-0.2, 0) is 10.2 Å². The van der Waals surface area contributed by atoms with Crippen LogP contribution in [-0.4, -0.2) is 56.8 Å². The van der Waals surface area contributed by atoms with Crippen LogP contribution in [0.1, 0.15) is 26.2 Å². The van der Waals surface area contributed by atoms with Gasteiger partial charge >= 0.3 is 0 Å². The lowest BCUT2D eigenvalue weighted by Crippen LogP contribution is -2.46. The molecule has 1 unspecified atom stereocenters. The van der Waals surface area contributed by atoms with Crippen molar-refractivity contribution in [3.05, 3.63) is 0 Å². The van der Waals surface area contributed by atoms with Gasteiger partial charge in [0.15, 0.2) is 0 Å². The molecular weight excluding hydrogens is 286 g/mol. The van der Waals surface area contributed by atoms with Gasteiger partial charge in [0, 0.05) is 26.2 Å². The zero-order valence-corrected chi connectivity index (χ0v) is 13.5. The largest absolute Gasteiger partial charge is 0.319 e. The molecule has 2 aliphatic heterocycles. The van der Waals surface area contributed by atoms with Gasteiger partial charge < -0.3 is 5.32 Å². The van der Waals surface area contributed by atoms with E-state index in [0.717, 1.165) is 25.8 Å². The van der Waals surface area contributed by atoms with Crippen LogP contribution >= 0.6 is 12.4 Å². The highest BCUT2D eigenvalue weighted by atomic mass is 35.5. The number of nitrogens with zero attached hydrogens (tertiary/aromatic N) is 2. The molecule has 0 aromatic rings. The second kappa shape index (κ2) is 7.22. The van der Waals surface area contributed by atoms with Crippen molar-refractivity contribution in [2.45, 2.75) is 26.2 Å². The Balaban J connectivity index is 0.00000180. The van der Waals surface area contributed by atoms with Gasteiger partial charge in [-0.3, -0.25) is 0 Å². The molecule has 114 valence electrons. The molecule has 2 fully saturated rings. The van der Waals surface area contributed by atoms with Gasteiger partial charge in [-0.1, -0.05) is 6.92 Å². The minimum atomic E-state index is -3.20. The molecule has 0 saturated carbocycles. The topological polar surface area (TPSA) is 52.7 Å². The van der Waals surface area contributed by atoms with Crippen LogP contribution in [0.15, 0.2) is 0 Å². The standard InChI is InChI=1S/C12H25N3O2S.ClH/c1-11-3-6-14(7-4-11)18(16,17)15-8-5-12(10-15)9-13-2;/h11-13H,3-10H2,1-2H3;1H. The van der Waals surface area contributed by atoms with E-state index in [9.17, 15) is 8.42 Å². The maximum Gasteiger partial charge on any atom is 0.281 e. The highest BCUT2D eigenvalue weighted by Crippen LogP contribution is 2.25. The summed E-state index contributed by atoms with van der Waals surface area (Å²) in [6.45, 7) is 5.84. The van der Waals surface area contributed by atoms with Gasteiger partial charge in [-0.15, -0.1) is 12.4 Å². The average Bonchev–Trinajstić information content (AvgIpc) is 2.79. The molecule has 0 amide bonds. The van der Waals surface area contributed by atoms with Crippen LogP contribution < -0.4 is 5.32 Å². The Morgan fingerprint density at radius 1 is 1.11 bits per heavy atom. The average molecular weight is 312 g/mol. The summed E-state index contributed by atoms with van der Waals surface area (Å²) >= 11 is 0. The number of nitrogens with one attached hydrogen (secondary N) is 1. The molecule has 0 bridgehead atoms. The molecule has 0 aliphatic carbocycles. The summed E-state index contributed by atoms with van der Waals surface area (Å²) in [6.07, 6.45) is 2.96. The van der Waals surface area contributed by atoms with Crippen molar-refractivity contribution in [1.29, 1.82) is 0 Å². The zero-order valence-electron chi connectivity index (χ0n) is 11.8. The third-order valence-corrected chi connectivity index (χ3v) is 6.14. The lowest BCUT2D eigenvalue weighted by atomic mass is 10.0. The second-order valence-electron chi connectivity index (χ2n) is 5.66. The Kier molecular flexibility index (Phi) is 6.53. The van der Waals surface area contributed by atoms with Crippen LogP contribution in [0.5, 0.6) is 0 Å². The van der Waals surface area contributed by atoms with Crippen LogP contribution in [0.25, 0.3) is 0 Å². The maximum absolute atomic E-state index is 12.5. The summed E-state index contributed by atoms with van der Waals surface area (Å²) in [5, 5.41) is 3.13. The molecule has 0 radical (unpaired) electrons. The predicted octanol–water partition coefficient (Wildman–Crippen LogP) is 0.926. The molecule has 7 heteroatoms. The summed E-state index contributed by atoms with van der Waals surface area (Å²) in [6, 6.07) is 0. The van der Waals surface area contributed by atoms with E-state index in [2.05, 4.69) is 12.2 Å². The van der Waals surface area contributed by atoms with Crippen molar-refractivity contribution in [3.8, 4) is 0 Å². The van der Waals surface area contributed by atoms with Crippen LogP contribution in [0.3, 0.4) is 0 Å². The summed E-state index contributed by atoms with van der Waals surface area (Å²) in [4.78, 5) is 0. The minimum Gasteiger partial charge on any atom is -0.319 e. The summed E-state index contributed by atoms with van der Waals surface area (Å²) in [5.41, 5.74) is 0. The molecule has 5 nitrogen and oxygen atoms in total. The van der Waals surface area contributed by atoms with Crippen LogP contribution in [0, 0.1) is 11.8 Å². The molecule has 1 atom stereocenters. The minimum absolute atomic E-state index is 0. The molecule has 2 heterocycles. The molecule has 19 heavy (non-hydrogen) atoms. The van der Waals surface area contributed by atoms with Crippen molar-refractivity contribution in [2.75, 3.05) is 39.8 Å². The van der Waals surface area contributed by atoms with Gasteiger partial charge in [0.05, 0.1) is 0 Å². The van der Waals surface area contributed by atoms with Gasteiger partial charge in [0.2, 0.25) is 0 Å². The third kappa shape index (κ3) is 4.04. The quantitative estimate of drug-likeness (QED) is 0.840. The predicted molar refractivity (Wildman–Crippen MR) is 79.7 cm³/mol. The zero-order chi connectivity index (χ0) is 13.2. The second-order valence-corrected chi connectivity index (χ2v) is 7.59. The van der Waals surface area contributed by atoms with E-state index in [1.165, 1.54) is 0 Å². The van der Waals surface area contributed by atoms with E-state index in [0.29, 0.717) is 38.0 Å². The van der Waals surface area contributed by atoms with E-state index in [4.69, 9.17) is 0 Å². The number of halogens is 1. The van der Waals surface area contributed by atoms with E-state index >= 15 is 0 Å². The van der Waals surface area contributed by atoms with Crippen molar-refractivity contribution >= 4 is 22.6 Å². The fraction of sp³-hybridized carbons (Fsp3) is 1.00. The molecule has 0 aromatic carbocycles. The van der Waals surface area contributed by atoms with Crippen molar-refractivity contribution < 1.29 is 8.42 Å². The number of hydrogen-bond acceptors (Lipinski definition) is 3. The summed E-state index contributed by atoms with van der Waals surface area (Å²) < 4.78 is 28.3. The first-order chi connectivity index (χ1) is 8.54. The Morgan fingerprint density at radius 3 is 2.26 bits per heavy atom. The summed E-state index contributed by atoms with van der Waals surface area (Å²) in [7, 11) is -1.28. The monoisotopic (exact) mass is 311 g/mol. The van der Waals surface area contributed by atoms with E-state index in [1.807, 2.05) is 7.05 Å². The molecule has 1 N–H and O–H groups in total. The first-order valence-electron chi connectivity index (χ1n) is 6.94. The van der Waals surface area contributed by atoms with E-state index in [-0.39, 0.29) is 12.4 Å². The van der Waals surface area contributed by atoms with E-state index in [1.54, 1.807) is 8.61 Å². The van der Waals surface area contributed by atoms with Gasteiger partial charge in [0.1, 0.15) is 0 Å². The van der Waals surface area contributed by atoms with Crippen LogP contribution in [0.4, 0.5) is 0 Å². The Morgan fingerprint density at radius 2 is 1.68 bits per heavy atom. The summed E-state index contributed by atoms with van der Waals surface area (Å²) in [5.74, 6) is 1.13. The van der Waals surface area contributed by atoms with Crippen molar-refractivity contribution in [3.63, 3.8) is 0 Å². The van der Waals surface area contributed by atoms with Gasteiger partial charge in [-0.25, -0.2) is 0 Å². The molecule has 2 saturated heterocycles. The Hall–Kier alpha value is 0.120. The van der Waals surface area contributed by atoms with E-state index < -0.39 is 10.2 Å². The lowest BCUT2D eigenvalue weighted by molar-refractivity contribution is 0.269. The fourth-order valence-electron chi connectivity index (χ4n) is 2.84. The first-order valence-corrected chi connectivity index (χ1v) is 8.33. The first kappa shape index (κ1) is 17.2. The molecule has 0 aromatic heterocycles. The highest BCUT2D eigenvalue weighted by Gasteiger charge is 2.36. The Bertz CT molecular complexity index is 369. The number of rotatable bonds is 4. The van der Waals surface area contributed by atoms with Gasteiger partial charge in [-0.2, -0.15) is 17.0 Å². The molecule has 2 rings (SSSR count). The van der Waals surface area contributed by atoms with Crippen LogP contribution in [0.2, 0.25) is 0 Å². The Labute approximate surface area is 123 Å². The SMILES string of the molecule is CNCC1CCN(S(=O)(=O)N2CCC(C)CC2)C1.Cl. The van der Waals surface area contributed by atoms with Crippen molar-refractivity contribution in [2.24, 2.45) is 11.8 Å². The number of hydrogen-bond donors (Lipinski definition) is 1. The lowest BCUT2D eigenvalue weighted by Gasteiger charge is -2.32. The smallest absolute Gasteiger partial charge is 0.281 e. The molecule has 2 aliphatic rings. The van der Waals surface area contributed by atoms with Gasteiger partial charge in [-0.05, 0) is 44.7 Å². The van der Waals surface area contributed by atoms with Crippen molar-refractivity contribution in [1.82, 2.24) is 13.9 Å². The number of piperidine rings is 1. The third-order valence-electron chi connectivity index (χ3n) is 4.14. The molecular formula is C12H26ClN3O2S. The maximum atomic E-state index is 12.5. The molecule has 0 spiro atoms. The fourth-order valence-corrected chi connectivity index (χ4v) is 4.58. The highest BCUT2D eigenvalue weighted by molar-refractivity contribution is 7.86. The normalized spacial score (nSPS) is 27.4.